The first-order chi connectivity index (χ1) is 8.56. The van der Waals surface area contributed by atoms with E-state index < -0.39 is 0 Å². The molecule has 7 heteroatoms. The monoisotopic (exact) mass is 327 g/mol. The molecule has 18 heavy (non-hydrogen) atoms. The third kappa shape index (κ3) is 2.99. The van der Waals surface area contributed by atoms with Gasteiger partial charge in [-0.3, -0.25) is 9.59 Å². The number of hydrogen-bond donors (Lipinski definition) is 3. The minimum atomic E-state index is -0.249. The fourth-order valence-electron chi connectivity index (χ4n) is 1.39. The van der Waals surface area contributed by atoms with E-state index in [4.69, 9.17) is 5.73 Å². The van der Waals surface area contributed by atoms with Gasteiger partial charge in [0.15, 0.2) is 0 Å². The second-order valence-electron chi connectivity index (χ2n) is 3.60. The van der Waals surface area contributed by atoms with E-state index in [9.17, 15) is 9.59 Å². The molecule has 2 rings (SSSR count). The SMILES string of the molecule is Nc1ccc(Br)c(C(=O)NCc2csc(=O)[nH]2)c1. The molecule has 0 saturated carbocycles. The van der Waals surface area contributed by atoms with Crippen LogP contribution in [0.2, 0.25) is 0 Å². The Morgan fingerprint density at radius 1 is 1.50 bits per heavy atom. The Morgan fingerprint density at radius 2 is 2.28 bits per heavy atom. The van der Waals surface area contributed by atoms with Crippen LogP contribution in [-0.4, -0.2) is 10.9 Å². The molecule has 2 aromatic rings. The van der Waals surface area contributed by atoms with E-state index in [2.05, 4.69) is 26.2 Å². The highest BCUT2D eigenvalue weighted by atomic mass is 79.9. The van der Waals surface area contributed by atoms with Gasteiger partial charge in [0.25, 0.3) is 5.91 Å². The molecule has 0 spiro atoms. The van der Waals surface area contributed by atoms with Crippen LogP contribution in [0.1, 0.15) is 16.1 Å². The first-order valence-electron chi connectivity index (χ1n) is 5.06. The van der Waals surface area contributed by atoms with Gasteiger partial charge in [-0.05, 0) is 34.1 Å². The number of nitrogen functional groups attached to an aromatic ring is 1. The van der Waals surface area contributed by atoms with E-state index in [1.54, 1.807) is 23.6 Å². The summed E-state index contributed by atoms with van der Waals surface area (Å²) in [6.07, 6.45) is 0. The van der Waals surface area contributed by atoms with E-state index in [0.29, 0.717) is 21.4 Å². The molecule has 0 radical (unpaired) electrons. The molecule has 0 atom stereocenters. The van der Waals surface area contributed by atoms with Gasteiger partial charge in [-0.1, -0.05) is 11.3 Å². The predicted octanol–water partition coefficient (Wildman–Crippen LogP) is 1.71. The zero-order valence-electron chi connectivity index (χ0n) is 9.20. The molecule has 0 aliphatic carbocycles. The summed E-state index contributed by atoms with van der Waals surface area (Å²) in [5.41, 5.74) is 7.29. The number of carbonyl (C=O) groups excluding carboxylic acids is 1. The van der Waals surface area contributed by atoms with Gasteiger partial charge < -0.3 is 16.0 Å². The maximum Gasteiger partial charge on any atom is 0.304 e. The molecule has 1 aromatic carbocycles. The molecular weight excluding hydrogens is 318 g/mol. The summed E-state index contributed by atoms with van der Waals surface area (Å²) in [6.45, 7) is 0.277. The molecule has 1 heterocycles. The van der Waals surface area contributed by atoms with Gasteiger partial charge in [-0.15, -0.1) is 0 Å². The van der Waals surface area contributed by atoms with Crippen molar-refractivity contribution in [3.05, 3.63) is 49.0 Å². The van der Waals surface area contributed by atoms with Crippen molar-refractivity contribution >= 4 is 38.9 Å². The number of hydrogen-bond acceptors (Lipinski definition) is 4. The summed E-state index contributed by atoms with van der Waals surface area (Å²) in [6, 6.07) is 5.02. The molecule has 1 amide bonds. The van der Waals surface area contributed by atoms with Crippen LogP contribution in [0.5, 0.6) is 0 Å². The number of nitrogens with two attached hydrogens (primary N) is 1. The Balaban J connectivity index is 2.08. The number of H-pyrrole nitrogens is 1. The lowest BCUT2D eigenvalue weighted by Gasteiger charge is -2.06. The van der Waals surface area contributed by atoms with E-state index in [1.165, 1.54) is 0 Å². The van der Waals surface area contributed by atoms with Gasteiger partial charge >= 0.3 is 4.87 Å². The molecule has 0 aliphatic heterocycles. The summed E-state index contributed by atoms with van der Waals surface area (Å²) < 4.78 is 0.674. The number of aromatic nitrogens is 1. The molecular formula is C11H10BrN3O2S. The zero-order valence-corrected chi connectivity index (χ0v) is 11.6. The van der Waals surface area contributed by atoms with Gasteiger partial charge in [0.05, 0.1) is 12.1 Å². The third-order valence-electron chi connectivity index (χ3n) is 2.25. The number of halogens is 1. The first kappa shape index (κ1) is 12.8. The summed E-state index contributed by atoms with van der Waals surface area (Å²) in [7, 11) is 0. The minimum Gasteiger partial charge on any atom is -0.399 e. The number of aromatic amines is 1. The molecule has 0 aliphatic rings. The number of benzene rings is 1. The van der Waals surface area contributed by atoms with Crippen molar-refractivity contribution in [3.63, 3.8) is 0 Å². The van der Waals surface area contributed by atoms with Gasteiger partial charge in [0.1, 0.15) is 0 Å². The number of thiazole rings is 1. The first-order valence-corrected chi connectivity index (χ1v) is 6.73. The van der Waals surface area contributed by atoms with Crippen LogP contribution in [-0.2, 0) is 6.54 Å². The van der Waals surface area contributed by atoms with Gasteiger partial charge in [-0.25, -0.2) is 0 Å². The smallest absolute Gasteiger partial charge is 0.304 e. The van der Waals surface area contributed by atoms with Crippen LogP contribution < -0.4 is 15.9 Å². The third-order valence-corrected chi connectivity index (χ3v) is 3.66. The largest absolute Gasteiger partial charge is 0.399 e. The Bertz CT molecular complexity index is 635. The van der Waals surface area contributed by atoms with Crippen molar-refractivity contribution in [1.29, 1.82) is 0 Å². The zero-order chi connectivity index (χ0) is 13.1. The summed E-state index contributed by atoms with van der Waals surface area (Å²) in [5.74, 6) is -0.249. The molecule has 0 saturated heterocycles. The van der Waals surface area contributed by atoms with Crippen LogP contribution in [0.25, 0.3) is 0 Å². The normalized spacial score (nSPS) is 10.3. The van der Waals surface area contributed by atoms with Gasteiger partial charge in [0, 0.05) is 21.2 Å². The van der Waals surface area contributed by atoms with Crippen molar-refractivity contribution in [2.75, 3.05) is 5.73 Å². The average molecular weight is 328 g/mol. The van der Waals surface area contributed by atoms with E-state index >= 15 is 0 Å². The lowest BCUT2D eigenvalue weighted by Crippen LogP contribution is -2.23. The van der Waals surface area contributed by atoms with Crippen LogP contribution >= 0.6 is 27.3 Å². The Labute approximate surface area is 115 Å². The molecule has 0 bridgehead atoms. The summed E-state index contributed by atoms with van der Waals surface area (Å²) >= 11 is 4.36. The molecule has 94 valence electrons. The van der Waals surface area contributed by atoms with Crippen molar-refractivity contribution in [2.45, 2.75) is 6.54 Å². The van der Waals surface area contributed by atoms with Crippen molar-refractivity contribution in [3.8, 4) is 0 Å². The molecule has 0 fully saturated rings. The van der Waals surface area contributed by atoms with Crippen LogP contribution in [0.3, 0.4) is 0 Å². The van der Waals surface area contributed by atoms with Crippen LogP contribution in [0.4, 0.5) is 5.69 Å². The summed E-state index contributed by atoms with van der Waals surface area (Å²) in [5, 5.41) is 4.39. The maximum atomic E-state index is 11.9. The predicted molar refractivity (Wildman–Crippen MR) is 74.7 cm³/mol. The number of amides is 1. The number of carbonyl (C=O) groups is 1. The van der Waals surface area contributed by atoms with Crippen molar-refractivity contribution in [1.82, 2.24) is 10.3 Å². The lowest BCUT2D eigenvalue weighted by atomic mass is 10.2. The highest BCUT2D eigenvalue weighted by Gasteiger charge is 2.10. The molecule has 0 unspecified atom stereocenters. The topological polar surface area (TPSA) is 88.0 Å². The van der Waals surface area contributed by atoms with Crippen LogP contribution in [0, 0.1) is 0 Å². The summed E-state index contributed by atoms with van der Waals surface area (Å²) in [4.78, 5) is 25.3. The molecule has 1 aromatic heterocycles. The van der Waals surface area contributed by atoms with Gasteiger partial charge in [0.2, 0.25) is 0 Å². The van der Waals surface area contributed by atoms with Crippen molar-refractivity contribution in [2.24, 2.45) is 0 Å². The highest BCUT2D eigenvalue weighted by Crippen LogP contribution is 2.19. The Morgan fingerprint density at radius 3 is 2.94 bits per heavy atom. The number of nitrogens with one attached hydrogen (secondary N) is 2. The second kappa shape index (κ2) is 5.36. The highest BCUT2D eigenvalue weighted by molar-refractivity contribution is 9.10. The fourth-order valence-corrected chi connectivity index (χ4v) is 2.40. The quantitative estimate of drug-likeness (QED) is 0.750. The van der Waals surface area contributed by atoms with E-state index in [1.807, 2.05) is 0 Å². The van der Waals surface area contributed by atoms with Crippen LogP contribution in [0.15, 0.2) is 32.8 Å². The van der Waals surface area contributed by atoms with E-state index in [-0.39, 0.29) is 17.3 Å². The number of rotatable bonds is 3. The minimum absolute atomic E-state index is 0.135. The van der Waals surface area contributed by atoms with Crippen molar-refractivity contribution < 1.29 is 4.79 Å². The Hall–Kier alpha value is -1.60. The number of anilines is 1. The fraction of sp³-hybridized carbons (Fsp3) is 0.0909. The standard InChI is InChI=1S/C11H10BrN3O2S/c12-9-2-1-6(13)3-8(9)10(16)14-4-7-5-18-11(17)15-7/h1-3,5H,4,13H2,(H,14,16)(H,15,17). The molecule has 5 nitrogen and oxygen atoms in total. The average Bonchev–Trinajstić information content (AvgIpc) is 2.75. The maximum absolute atomic E-state index is 11.9. The molecule has 4 N–H and O–H groups in total. The lowest BCUT2D eigenvalue weighted by molar-refractivity contribution is 0.0949. The second-order valence-corrected chi connectivity index (χ2v) is 5.29. The van der Waals surface area contributed by atoms with Gasteiger partial charge in [-0.2, -0.15) is 0 Å². The Kier molecular flexibility index (Phi) is 3.83. The van der Waals surface area contributed by atoms with E-state index in [0.717, 1.165) is 11.3 Å².